The molecule has 14 heteroatoms. The molecule has 0 fully saturated rings. The van der Waals surface area contributed by atoms with Crippen LogP contribution in [0.1, 0.15) is 21.0 Å². The Bertz CT molecular complexity index is 2210. The van der Waals surface area contributed by atoms with Gasteiger partial charge < -0.3 is 45.3 Å². The molecule has 0 bridgehead atoms. The van der Waals surface area contributed by atoms with Crippen LogP contribution in [0.4, 0.5) is 0 Å². The van der Waals surface area contributed by atoms with E-state index in [1.807, 2.05) is 0 Å². The van der Waals surface area contributed by atoms with Crippen LogP contribution in [-0.4, -0.2) is 63.8 Å². The minimum atomic E-state index is -1.21. The van der Waals surface area contributed by atoms with Gasteiger partial charge in [-0.15, -0.1) is 0 Å². The standard InChI is InChI=1S/C19H16N2O6.C17H14N2O4/c1-26-11-6-8-12(9-7-11)27-19-14-5-3-2-4-13(14)17(24)16(21-19)18(25)20-10-15(22)23;1-22-10-5-4-6-11(9-10)23-17-13-8-3-2-7-12(13)15(20)14(19-17)16(18)21/h2-9,24H,10H2,1H3,(H,20,25)(H,22,23);2-9,20H,1H3,(H2,18,21). The van der Waals surface area contributed by atoms with E-state index in [1.165, 1.54) is 0 Å². The van der Waals surface area contributed by atoms with E-state index in [-0.39, 0.29) is 34.6 Å². The number of ether oxygens (including phenoxy) is 4. The summed E-state index contributed by atoms with van der Waals surface area (Å²) in [6, 6.07) is 27.4. The molecule has 0 aliphatic heterocycles. The van der Waals surface area contributed by atoms with Gasteiger partial charge in [-0.05, 0) is 48.5 Å². The van der Waals surface area contributed by atoms with Gasteiger partial charge in [-0.2, -0.15) is 0 Å². The highest BCUT2D eigenvalue weighted by molar-refractivity contribution is 6.04. The zero-order valence-electron chi connectivity index (χ0n) is 26.6. The van der Waals surface area contributed by atoms with E-state index in [2.05, 4.69) is 15.3 Å². The smallest absolute Gasteiger partial charge is 0.322 e. The van der Waals surface area contributed by atoms with Gasteiger partial charge in [0.25, 0.3) is 11.8 Å². The number of aromatic hydroxyl groups is 2. The lowest BCUT2D eigenvalue weighted by Gasteiger charge is -2.12. The largest absolute Gasteiger partial charge is 0.505 e. The summed E-state index contributed by atoms with van der Waals surface area (Å²) in [6.07, 6.45) is 0. The van der Waals surface area contributed by atoms with Crippen LogP contribution < -0.4 is 30.0 Å². The van der Waals surface area contributed by atoms with Crippen LogP contribution in [0.15, 0.2) is 97.1 Å². The Hall–Kier alpha value is -7.09. The molecule has 0 saturated carbocycles. The van der Waals surface area contributed by atoms with Crippen LogP contribution >= 0.6 is 0 Å². The highest BCUT2D eigenvalue weighted by Gasteiger charge is 2.21. The first kappa shape index (κ1) is 34.3. The number of rotatable bonds is 10. The molecular weight excluding hydrogens is 648 g/mol. The van der Waals surface area contributed by atoms with E-state index in [4.69, 9.17) is 29.8 Å². The van der Waals surface area contributed by atoms with Crippen LogP contribution in [0.2, 0.25) is 0 Å². The molecule has 0 aliphatic rings. The van der Waals surface area contributed by atoms with Crippen molar-refractivity contribution in [3.8, 4) is 46.3 Å². The zero-order chi connectivity index (χ0) is 35.8. The number of carboxylic acid groups (broad SMARTS) is 1. The Balaban J connectivity index is 0.000000197. The van der Waals surface area contributed by atoms with Gasteiger partial charge >= 0.3 is 5.97 Å². The molecule has 14 nitrogen and oxygen atoms in total. The monoisotopic (exact) mass is 678 g/mol. The van der Waals surface area contributed by atoms with E-state index in [0.29, 0.717) is 44.5 Å². The number of fused-ring (bicyclic) bond motifs is 2. The second-order valence-electron chi connectivity index (χ2n) is 10.3. The lowest BCUT2D eigenvalue weighted by molar-refractivity contribution is -0.135. The fourth-order valence-electron chi connectivity index (χ4n) is 4.69. The topological polar surface area (TPSA) is 213 Å². The minimum absolute atomic E-state index is 0.106. The Morgan fingerprint density at radius 2 is 1.12 bits per heavy atom. The molecule has 6 N–H and O–H groups in total. The maximum atomic E-state index is 12.2. The Labute approximate surface area is 284 Å². The quantitative estimate of drug-likeness (QED) is 0.123. The summed E-state index contributed by atoms with van der Waals surface area (Å²) in [5.74, 6) is -0.960. The summed E-state index contributed by atoms with van der Waals surface area (Å²) >= 11 is 0. The first-order valence-electron chi connectivity index (χ1n) is 14.8. The predicted octanol–water partition coefficient (Wildman–Crippen LogP) is 5.40. The van der Waals surface area contributed by atoms with Crippen molar-refractivity contribution in [1.29, 1.82) is 0 Å². The number of nitrogens with zero attached hydrogens (tertiary/aromatic N) is 2. The number of aliphatic carboxylic acids is 1. The first-order valence-corrected chi connectivity index (χ1v) is 14.8. The zero-order valence-corrected chi connectivity index (χ0v) is 26.6. The lowest BCUT2D eigenvalue weighted by atomic mass is 10.1. The van der Waals surface area contributed by atoms with E-state index in [1.54, 1.807) is 111 Å². The van der Waals surface area contributed by atoms with E-state index >= 15 is 0 Å². The molecule has 0 spiro atoms. The summed E-state index contributed by atoms with van der Waals surface area (Å²) in [7, 11) is 3.10. The van der Waals surface area contributed by atoms with Crippen molar-refractivity contribution in [2.75, 3.05) is 20.8 Å². The number of amides is 2. The number of carbonyl (C=O) groups excluding carboxylic acids is 2. The van der Waals surface area contributed by atoms with Crippen molar-refractivity contribution in [3.05, 3.63) is 108 Å². The number of primary amides is 1. The van der Waals surface area contributed by atoms with Crippen LogP contribution in [0, 0.1) is 0 Å². The summed E-state index contributed by atoms with van der Waals surface area (Å²) < 4.78 is 21.8. The number of aromatic nitrogens is 2. The Morgan fingerprint density at radius 3 is 1.66 bits per heavy atom. The van der Waals surface area contributed by atoms with Crippen molar-refractivity contribution in [1.82, 2.24) is 15.3 Å². The van der Waals surface area contributed by atoms with Gasteiger partial charge in [0, 0.05) is 27.6 Å². The molecule has 2 heterocycles. The number of carbonyl (C=O) groups is 3. The maximum absolute atomic E-state index is 12.2. The average molecular weight is 679 g/mol. The van der Waals surface area contributed by atoms with Gasteiger partial charge in [0.2, 0.25) is 11.8 Å². The molecule has 254 valence electrons. The van der Waals surface area contributed by atoms with E-state index in [0.717, 1.165) is 0 Å². The van der Waals surface area contributed by atoms with Gasteiger partial charge in [-0.3, -0.25) is 14.4 Å². The third kappa shape index (κ3) is 7.71. The maximum Gasteiger partial charge on any atom is 0.322 e. The van der Waals surface area contributed by atoms with Gasteiger partial charge in [0.15, 0.2) is 22.9 Å². The number of hydrogen-bond donors (Lipinski definition) is 5. The number of pyridine rings is 2. The number of nitrogens with two attached hydrogens (primary N) is 1. The Kier molecular flexibility index (Phi) is 10.4. The molecule has 4 aromatic carbocycles. The average Bonchev–Trinajstić information content (AvgIpc) is 3.13. The molecule has 2 aromatic heterocycles. The van der Waals surface area contributed by atoms with Crippen LogP contribution in [0.5, 0.6) is 46.3 Å². The van der Waals surface area contributed by atoms with Gasteiger partial charge in [-0.25, -0.2) is 9.97 Å². The molecule has 2 amide bonds. The molecule has 6 aromatic rings. The van der Waals surface area contributed by atoms with Crippen molar-refractivity contribution < 1.29 is 48.7 Å². The van der Waals surface area contributed by atoms with Crippen molar-refractivity contribution in [2.24, 2.45) is 5.73 Å². The fourth-order valence-corrected chi connectivity index (χ4v) is 4.69. The molecule has 50 heavy (non-hydrogen) atoms. The molecule has 6 rings (SSSR count). The summed E-state index contributed by atoms with van der Waals surface area (Å²) in [4.78, 5) is 42.6. The third-order valence-corrected chi connectivity index (χ3v) is 7.08. The summed E-state index contributed by atoms with van der Waals surface area (Å²) in [5.41, 5.74) is 4.72. The summed E-state index contributed by atoms with van der Waals surface area (Å²) in [6.45, 7) is -0.596. The number of nitrogens with one attached hydrogen (secondary N) is 1. The molecule has 0 saturated heterocycles. The fraction of sp³-hybridized carbons (Fsp3) is 0.0833. The number of methoxy groups -OCH3 is 2. The van der Waals surface area contributed by atoms with Gasteiger partial charge in [0.1, 0.15) is 29.5 Å². The highest BCUT2D eigenvalue weighted by atomic mass is 16.5. The van der Waals surface area contributed by atoms with E-state index < -0.39 is 24.3 Å². The molecule has 0 aliphatic carbocycles. The number of carboxylic acids is 1. The predicted molar refractivity (Wildman–Crippen MR) is 181 cm³/mol. The highest BCUT2D eigenvalue weighted by Crippen LogP contribution is 2.37. The van der Waals surface area contributed by atoms with Crippen molar-refractivity contribution in [2.45, 2.75) is 0 Å². The normalized spacial score (nSPS) is 10.4. The minimum Gasteiger partial charge on any atom is -0.505 e. The van der Waals surface area contributed by atoms with Crippen molar-refractivity contribution >= 4 is 39.3 Å². The SMILES string of the molecule is COc1ccc(Oc2nc(C(=O)NCC(=O)O)c(O)c3ccccc23)cc1.COc1cccc(Oc2nc(C(N)=O)c(O)c3ccccc23)c1. The van der Waals surface area contributed by atoms with Crippen LogP contribution in [0.25, 0.3) is 21.5 Å². The summed E-state index contributed by atoms with van der Waals surface area (Å²) in [5, 5.41) is 33.3. The third-order valence-electron chi connectivity index (χ3n) is 7.08. The van der Waals surface area contributed by atoms with Gasteiger partial charge in [0.05, 0.1) is 14.2 Å². The lowest BCUT2D eigenvalue weighted by Crippen LogP contribution is -2.30. The van der Waals surface area contributed by atoms with Crippen LogP contribution in [-0.2, 0) is 4.79 Å². The Morgan fingerprint density at radius 1 is 0.640 bits per heavy atom. The second-order valence-corrected chi connectivity index (χ2v) is 10.3. The number of hydrogen-bond acceptors (Lipinski definition) is 11. The molecule has 0 radical (unpaired) electrons. The van der Waals surface area contributed by atoms with Crippen LogP contribution in [0.3, 0.4) is 0 Å². The second kappa shape index (κ2) is 15.2. The van der Waals surface area contributed by atoms with Gasteiger partial charge in [-0.1, -0.05) is 42.5 Å². The molecular formula is C36H30N4O10. The number of benzene rings is 4. The molecule has 0 unspecified atom stereocenters. The van der Waals surface area contributed by atoms with Crippen molar-refractivity contribution in [3.63, 3.8) is 0 Å². The first-order chi connectivity index (χ1) is 24.1. The van der Waals surface area contributed by atoms with E-state index in [9.17, 15) is 24.6 Å². The molecule has 0 atom stereocenters.